The Bertz CT molecular complexity index is 1110. The molecule has 0 spiro atoms. The molecule has 0 amide bonds. The summed E-state index contributed by atoms with van der Waals surface area (Å²) in [7, 11) is 0. The molecule has 4 aromatic rings. The number of nitrogens with zero attached hydrogens (tertiary/aromatic N) is 2. The maximum atomic E-state index is 13.0. The van der Waals surface area contributed by atoms with Crippen LogP contribution in [0.1, 0.15) is 5.56 Å². The van der Waals surface area contributed by atoms with E-state index in [4.69, 9.17) is 4.42 Å². The van der Waals surface area contributed by atoms with Crippen LogP contribution in [0, 0.1) is 5.82 Å². The van der Waals surface area contributed by atoms with Gasteiger partial charge in [0.1, 0.15) is 11.5 Å². The highest BCUT2D eigenvalue weighted by Gasteiger charge is 2.12. The third-order valence-corrected chi connectivity index (χ3v) is 3.93. The molecule has 0 bridgehead atoms. The number of fused-ring (bicyclic) bond motifs is 1. The van der Waals surface area contributed by atoms with Gasteiger partial charge in [-0.15, -0.1) is 0 Å². The Balaban J connectivity index is 1.73. The first-order valence-corrected chi connectivity index (χ1v) is 8.03. The lowest BCUT2D eigenvalue weighted by Crippen LogP contribution is -2.06. The van der Waals surface area contributed by atoms with Gasteiger partial charge in [0.2, 0.25) is 0 Å². The molecule has 3 aromatic heterocycles. The van der Waals surface area contributed by atoms with E-state index in [0.717, 1.165) is 5.56 Å². The Kier molecular flexibility index (Phi) is 4.15. The zero-order valence-corrected chi connectivity index (χ0v) is 13.6. The molecule has 1 aromatic carbocycles. The maximum absolute atomic E-state index is 13.0. The van der Waals surface area contributed by atoms with Crippen LogP contribution >= 0.6 is 0 Å². The molecule has 0 fully saturated rings. The monoisotopic (exact) mass is 347 g/mol. The molecular weight excluding hydrogens is 333 g/mol. The maximum Gasteiger partial charge on any atom is 0.193 e. The van der Waals surface area contributed by atoms with Crippen molar-refractivity contribution in [3.8, 4) is 11.5 Å². The van der Waals surface area contributed by atoms with Crippen molar-refractivity contribution in [2.45, 2.75) is 6.54 Å². The highest BCUT2D eigenvalue weighted by atomic mass is 19.1. The van der Waals surface area contributed by atoms with Gasteiger partial charge in [-0.3, -0.25) is 9.78 Å². The van der Waals surface area contributed by atoms with Gasteiger partial charge >= 0.3 is 0 Å². The van der Waals surface area contributed by atoms with E-state index in [1.807, 2.05) is 6.07 Å². The fourth-order valence-corrected chi connectivity index (χ4v) is 2.63. The number of rotatable bonds is 4. The minimum absolute atomic E-state index is 0.167. The van der Waals surface area contributed by atoms with Crippen molar-refractivity contribution >= 4 is 16.8 Å². The molecule has 0 aliphatic heterocycles. The van der Waals surface area contributed by atoms with E-state index in [1.165, 1.54) is 18.2 Å². The van der Waals surface area contributed by atoms with Gasteiger partial charge in [-0.05, 0) is 35.9 Å². The Morgan fingerprint density at radius 1 is 1.00 bits per heavy atom. The molecule has 6 heteroatoms. The highest BCUT2D eigenvalue weighted by Crippen LogP contribution is 2.24. The van der Waals surface area contributed by atoms with Crippen LogP contribution in [0.15, 0.2) is 76.2 Å². The number of hydrogen-bond acceptors (Lipinski definition) is 5. The second-order valence-electron chi connectivity index (χ2n) is 5.71. The fourth-order valence-electron chi connectivity index (χ4n) is 2.63. The molecule has 128 valence electrons. The SMILES string of the molecule is O=c1cc(-c2ccccn2)oc2c(NCc3ccc(F)cc3)nccc12. The van der Waals surface area contributed by atoms with E-state index in [0.29, 0.717) is 34.8 Å². The van der Waals surface area contributed by atoms with Gasteiger partial charge in [-0.1, -0.05) is 18.2 Å². The number of pyridine rings is 2. The van der Waals surface area contributed by atoms with Crippen LogP contribution in [0.2, 0.25) is 0 Å². The Morgan fingerprint density at radius 2 is 1.85 bits per heavy atom. The second kappa shape index (κ2) is 6.76. The second-order valence-corrected chi connectivity index (χ2v) is 5.71. The van der Waals surface area contributed by atoms with Crippen LogP contribution in [-0.4, -0.2) is 9.97 Å². The molecule has 26 heavy (non-hydrogen) atoms. The first kappa shape index (κ1) is 16.0. The van der Waals surface area contributed by atoms with E-state index < -0.39 is 0 Å². The number of hydrogen-bond donors (Lipinski definition) is 1. The molecule has 0 saturated heterocycles. The van der Waals surface area contributed by atoms with Gasteiger partial charge in [-0.25, -0.2) is 9.37 Å². The van der Waals surface area contributed by atoms with Gasteiger partial charge in [0, 0.05) is 25.0 Å². The van der Waals surface area contributed by atoms with Crippen LogP contribution in [0.4, 0.5) is 10.2 Å². The largest absolute Gasteiger partial charge is 0.450 e. The van der Waals surface area contributed by atoms with Crippen molar-refractivity contribution < 1.29 is 8.81 Å². The Morgan fingerprint density at radius 3 is 2.62 bits per heavy atom. The summed E-state index contributed by atoms with van der Waals surface area (Å²) in [6, 6.07) is 14.6. The number of aromatic nitrogens is 2. The summed E-state index contributed by atoms with van der Waals surface area (Å²) >= 11 is 0. The summed E-state index contributed by atoms with van der Waals surface area (Å²) in [4.78, 5) is 20.9. The smallest absolute Gasteiger partial charge is 0.193 e. The van der Waals surface area contributed by atoms with E-state index in [9.17, 15) is 9.18 Å². The molecule has 0 radical (unpaired) electrons. The van der Waals surface area contributed by atoms with Crippen molar-refractivity contribution in [2.24, 2.45) is 0 Å². The number of nitrogens with one attached hydrogen (secondary N) is 1. The van der Waals surface area contributed by atoms with Gasteiger partial charge in [-0.2, -0.15) is 0 Å². The number of benzene rings is 1. The van der Waals surface area contributed by atoms with Gasteiger partial charge in [0.05, 0.1) is 5.39 Å². The van der Waals surface area contributed by atoms with E-state index in [2.05, 4.69) is 15.3 Å². The molecule has 0 saturated carbocycles. The quantitative estimate of drug-likeness (QED) is 0.604. The number of anilines is 1. The molecule has 5 nitrogen and oxygen atoms in total. The highest BCUT2D eigenvalue weighted by molar-refractivity contribution is 5.87. The Hall–Kier alpha value is -3.54. The fraction of sp³-hybridized carbons (Fsp3) is 0.0500. The molecule has 0 unspecified atom stereocenters. The van der Waals surface area contributed by atoms with E-state index in [1.54, 1.807) is 42.7 Å². The van der Waals surface area contributed by atoms with Crippen LogP contribution in [0.3, 0.4) is 0 Å². The number of halogens is 1. The van der Waals surface area contributed by atoms with Gasteiger partial charge in [0.15, 0.2) is 22.6 Å². The molecule has 0 atom stereocenters. The van der Waals surface area contributed by atoms with Crippen molar-refractivity contribution in [1.29, 1.82) is 0 Å². The molecule has 4 rings (SSSR count). The minimum Gasteiger partial charge on any atom is -0.450 e. The van der Waals surface area contributed by atoms with Crippen molar-refractivity contribution in [3.63, 3.8) is 0 Å². The summed E-state index contributed by atoms with van der Waals surface area (Å²) in [6.45, 7) is 0.421. The van der Waals surface area contributed by atoms with Gasteiger partial charge in [0.25, 0.3) is 0 Å². The lowest BCUT2D eigenvalue weighted by atomic mass is 10.2. The van der Waals surface area contributed by atoms with E-state index >= 15 is 0 Å². The minimum atomic E-state index is -0.289. The summed E-state index contributed by atoms with van der Waals surface area (Å²) in [5, 5.41) is 3.57. The summed E-state index contributed by atoms with van der Waals surface area (Å²) in [5.41, 5.74) is 1.65. The molecular formula is C20H14FN3O2. The third kappa shape index (κ3) is 3.17. The molecule has 0 aliphatic carbocycles. The topological polar surface area (TPSA) is 68.0 Å². The van der Waals surface area contributed by atoms with Gasteiger partial charge < -0.3 is 9.73 Å². The van der Waals surface area contributed by atoms with Crippen LogP contribution in [0.5, 0.6) is 0 Å². The summed E-state index contributed by atoms with van der Waals surface area (Å²) < 4.78 is 18.9. The molecule has 3 heterocycles. The van der Waals surface area contributed by atoms with Crippen LogP contribution < -0.4 is 10.7 Å². The van der Waals surface area contributed by atoms with Crippen LogP contribution in [0.25, 0.3) is 22.4 Å². The predicted molar refractivity (Wildman–Crippen MR) is 97.2 cm³/mol. The zero-order valence-electron chi connectivity index (χ0n) is 13.6. The van der Waals surface area contributed by atoms with Crippen molar-refractivity contribution in [1.82, 2.24) is 9.97 Å². The third-order valence-electron chi connectivity index (χ3n) is 3.93. The molecule has 1 N–H and O–H groups in total. The lowest BCUT2D eigenvalue weighted by molar-refractivity contribution is 0.615. The Labute approximate surface area is 148 Å². The summed E-state index contributed by atoms with van der Waals surface area (Å²) in [5.74, 6) is 0.533. The predicted octanol–water partition coefficient (Wildman–Crippen LogP) is 4.00. The van der Waals surface area contributed by atoms with Crippen molar-refractivity contribution in [2.75, 3.05) is 5.32 Å². The van der Waals surface area contributed by atoms with E-state index in [-0.39, 0.29) is 11.2 Å². The van der Waals surface area contributed by atoms with Crippen LogP contribution in [-0.2, 0) is 6.54 Å². The first-order valence-electron chi connectivity index (χ1n) is 8.03. The summed E-state index contributed by atoms with van der Waals surface area (Å²) in [6.07, 6.45) is 3.18. The first-order chi connectivity index (χ1) is 12.7. The van der Waals surface area contributed by atoms with Crippen molar-refractivity contribution in [3.05, 3.63) is 88.6 Å². The normalized spacial score (nSPS) is 10.8. The molecule has 0 aliphatic rings. The standard InChI is InChI=1S/C20H14FN3O2/c21-14-6-4-13(5-7-14)12-24-20-19-15(8-10-23-20)17(25)11-18(26-19)16-3-1-2-9-22-16/h1-11H,12H2,(H,23,24). The average Bonchev–Trinajstić information content (AvgIpc) is 2.68. The zero-order chi connectivity index (χ0) is 17.9. The lowest BCUT2D eigenvalue weighted by Gasteiger charge is -2.09. The average molecular weight is 347 g/mol.